The third-order valence-electron chi connectivity index (χ3n) is 5.46. The second-order valence-electron chi connectivity index (χ2n) is 7.43. The summed E-state index contributed by atoms with van der Waals surface area (Å²) < 4.78 is 26.6. The van der Waals surface area contributed by atoms with Crippen molar-refractivity contribution in [2.75, 3.05) is 62.2 Å². The number of halogens is 2. The van der Waals surface area contributed by atoms with Gasteiger partial charge in [0.2, 0.25) is 0 Å². The Bertz CT molecular complexity index is 826. The summed E-state index contributed by atoms with van der Waals surface area (Å²) in [5.74, 6) is -0.400. The Labute approximate surface area is 226 Å². The van der Waals surface area contributed by atoms with Gasteiger partial charge in [0.25, 0.3) is 0 Å². The van der Waals surface area contributed by atoms with Crippen molar-refractivity contribution in [2.45, 2.75) is 0 Å². The van der Waals surface area contributed by atoms with Gasteiger partial charge in [-0.3, -0.25) is 0 Å². The van der Waals surface area contributed by atoms with Crippen LogP contribution in [0.15, 0.2) is 48.5 Å². The largest absolute Gasteiger partial charge is 2.00 e. The van der Waals surface area contributed by atoms with Crippen molar-refractivity contribution in [3.63, 3.8) is 0 Å². The van der Waals surface area contributed by atoms with Crippen LogP contribution in [0.1, 0.15) is 0 Å². The standard InChI is InChI=1S/2C11H13FN2S2.Co/c2*12-9-1-3-10(4-2-9)13-5-7-14(8-6-13)11(15)16;/h2*1-4H,5-8H2,(H,15,16);/q;;+2/p-2. The van der Waals surface area contributed by atoms with Crippen LogP contribution in [0.3, 0.4) is 0 Å². The van der Waals surface area contributed by atoms with E-state index in [9.17, 15) is 8.78 Å². The van der Waals surface area contributed by atoms with E-state index in [1.165, 1.54) is 24.3 Å². The maximum Gasteiger partial charge on any atom is 2.00 e. The van der Waals surface area contributed by atoms with E-state index in [0.717, 1.165) is 63.7 Å². The molecule has 2 aliphatic rings. The molecule has 33 heavy (non-hydrogen) atoms. The molecule has 4 nitrogen and oxygen atoms in total. The van der Waals surface area contributed by atoms with Crippen molar-refractivity contribution >= 4 is 69.7 Å². The van der Waals surface area contributed by atoms with E-state index < -0.39 is 0 Å². The van der Waals surface area contributed by atoms with Gasteiger partial charge in [-0.2, -0.15) is 0 Å². The predicted octanol–water partition coefficient (Wildman–Crippen LogP) is 3.56. The van der Waals surface area contributed by atoms with Gasteiger partial charge in [-0.1, -0.05) is 8.64 Å². The molecular weight excluding hydrogens is 545 g/mol. The van der Waals surface area contributed by atoms with Crippen LogP contribution in [0.5, 0.6) is 0 Å². The van der Waals surface area contributed by atoms with E-state index in [0.29, 0.717) is 8.64 Å². The fourth-order valence-corrected chi connectivity index (χ4v) is 4.33. The van der Waals surface area contributed by atoms with Gasteiger partial charge in [-0.25, -0.2) is 8.78 Å². The minimum Gasteiger partial charge on any atom is -0.411 e. The molecule has 0 unspecified atom stereocenters. The van der Waals surface area contributed by atoms with Gasteiger partial charge >= 0.3 is 16.8 Å². The second-order valence-corrected chi connectivity index (χ2v) is 9.50. The molecular formula is C22H24CoF2N4S4. The summed E-state index contributed by atoms with van der Waals surface area (Å²) in [6, 6.07) is 13.2. The molecule has 2 aliphatic heterocycles. The van der Waals surface area contributed by atoms with Crippen LogP contribution >= 0.6 is 24.4 Å². The molecule has 0 atom stereocenters. The minimum atomic E-state index is -0.200. The monoisotopic (exact) mass is 569 g/mol. The van der Waals surface area contributed by atoms with Crippen LogP contribution in [-0.4, -0.2) is 70.8 Å². The number of hydrogen-bond donors (Lipinski definition) is 0. The quantitative estimate of drug-likeness (QED) is 0.398. The molecule has 2 fully saturated rings. The van der Waals surface area contributed by atoms with Crippen molar-refractivity contribution in [3.8, 4) is 0 Å². The molecule has 0 N–H and O–H groups in total. The first-order valence-electron chi connectivity index (χ1n) is 10.3. The van der Waals surface area contributed by atoms with Crippen LogP contribution in [-0.2, 0) is 42.0 Å². The maximum atomic E-state index is 12.8. The van der Waals surface area contributed by atoms with E-state index in [1.54, 1.807) is 24.3 Å². The molecule has 179 valence electrons. The summed E-state index contributed by atoms with van der Waals surface area (Å²) in [7, 11) is 0. The van der Waals surface area contributed by atoms with Crippen molar-refractivity contribution in [1.82, 2.24) is 9.80 Å². The van der Waals surface area contributed by atoms with Gasteiger partial charge in [0, 0.05) is 63.7 Å². The molecule has 0 spiro atoms. The molecule has 0 aromatic heterocycles. The molecule has 1 radical (unpaired) electrons. The Balaban J connectivity index is 0.000000227. The number of anilines is 2. The SMILES string of the molecule is Fc1ccc(N2CCN(C(=S)[S-])CC2)cc1.Fc1ccc(N2CCN(C(=S)[S-])CC2)cc1.[Co+2]. The van der Waals surface area contributed by atoms with Gasteiger partial charge in [0.05, 0.1) is 0 Å². The summed E-state index contributed by atoms with van der Waals surface area (Å²) in [6.45, 7) is 6.90. The Morgan fingerprint density at radius 1 is 0.576 bits per heavy atom. The van der Waals surface area contributed by atoms with Gasteiger partial charge < -0.3 is 69.3 Å². The Hall–Kier alpha value is -1.37. The summed E-state index contributed by atoms with van der Waals surface area (Å²) in [6.07, 6.45) is 0. The molecule has 0 amide bonds. The fraction of sp³-hybridized carbons (Fsp3) is 0.364. The van der Waals surface area contributed by atoms with Crippen LogP contribution in [0.25, 0.3) is 0 Å². The van der Waals surface area contributed by atoms with Crippen molar-refractivity contribution in [3.05, 3.63) is 60.2 Å². The number of piperazine rings is 2. The average molecular weight is 570 g/mol. The molecule has 2 aromatic rings. The molecule has 11 heteroatoms. The van der Waals surface area contributed by atoms with Gasteiger partial charge in [0.15, 0.2) is 0 Å². The molecule has 4 rings (SSSR count). The van der Waals surface area contributed by atoms with E-state index in [-0.39, 0.29) is 28.4 Å². The first-order valence-corrected chi connectivity index (χ1v) is 11.9. The third kappa shape index (κ3) is 8.41. The Morgan fingerprint density at radius 2 is 0.848 bits per heavy atom. The smallest absolute Gasteiger partial charge is 0.411 e. The predicted molar refractivity (Wildman–Crippen MR) is 140 cm³/mol. The van der Waals surface area contributed by atoms with Crippen molar-refractivity contribution in [1.29, 1.82) is 0 Å². The Morgan fingerprint density at radius 3 is 1.09 bits per heavy atom. The average Bonchev–Trinajstić information content (AvgIpc) is 2.81. The molecule has 2 aromatic carbocycles. The number of thiocarbonyl (C=S) groups is 2. The number of nitrogens with zero attached hydrogens (tertiary/aromatic N) is 4. The van der Waals surface area contributed by atoms with Crippen molar-refractivity contribution < 1.29 is 25.6 Å². The van der Waals surface area contributed by atoms with Gasteiger partial charge in [-0.05, 0) is 48.5 Å². The summed E-state index contributed by atoms with van der Waals surface area (Å²) in [5, 5.41) is 0. The van der Waals surface area contributed by atoms with Crippen LogP contribution < -0.4 is 9.80 Å². The zero-order valence-corrected chi connectivity index (χ0v) is 22.1. The fourth-order valence-electron chi connectivity index (χ4n) is 3.60. The molecule has 2 saturated heterocycles. The normalized spacial score (nSPS) is 15.8. The van der Waals surface area contributed by atoms with Crippen LogP contribution in [0, 0.1) is 11.6 Å². The third-order valence-corrected chi connectivity index (χ3v) is 6.49. The van der Waals surface area contributed by atoms with E-state index in [1.807, 2.05) is 9.80 Å². The zero-order chi connectivity index (χ0) is 23.1. The van der Waals surface area contributed by atoms with Gasteiger partial charge in [0.1, 0.15) is 11.6 Å². The molecule has 0 bridgehead atoms. The van der Waals surface area contributed by atoms with E-state index in [4.69, 9.17) is 49.7 Å². The first kappa shape index (κ1) is 27.9. The molecule has 2 heterocycles. The number of benzene rings is 2. The van der Waals surface area contributed by atoms with Gasteiger partial charge in [-0.15, -0.1) is 0 Å². The summed E-state index contributed by atoms with van der Waals surface area (Å²) >= 11 is 19.8. The second kappa shape index (κ2) is 13.5. The summed E-state index contributed by atoms with van der Waals surface area (Å²) in [5.41, 5.74) is 2.10. The zero-order valence-electron chi connectivity index (χ0n) is 17.8. The minimum absolute atomic E-state index is 0. The van der Waals surface area contributed by atoms with Crippen molar-refractivity contribution in [2.24, 2.45) is 0 Å². The number of rotatable bonds is 2. The Kier molecular flexibility index (Phi) is 11.4. The summed E-state index contributed by atoms with van der Waals surface area (Å²) in [4.78, 5) is 8.46. The number of hydrogen-bond acceptors (Lipinski definition) is 6. The first-order chi connectivity index (χ1) is 15.3. The van der Waals surface area contributed by atoms with E-state index in [2.05, 4.69) is 9.80 Å². The topological polar surface area (TPSA) is 13.0 Å². The van der Waals surface area contributed by atoms with E-state index >= 15 is 0 Å². The maximum absolute atomic E-state index is 12.8. The van der Waals surface area contributed by atoms with Crippen LogP contribution in [0.2, 0.25) is 0 Å². The van der Waals surface area contributed by atoms with Crippen LogP contribution in [0.4, 0.5) is 20.2 Å². The molecule has 0 aliphatic carbocycles. The molecule has 0 saturated carbocycles.